The molecule has 24 heavy (non-hydrogen) atoms. The van der Waals surface area contributed by atoms with Crippen LogP contribution in [0.15, 0.2) is 12.1 Å². The molecule has 1 aliphatic heterocycles. The molecule has 1 aliphatic rings. The first-order chi connectivity index (χ1) is 11.6. The Bertz CT molecular complexity index is 817. The second kappa shape index (κ2) is 6.61. The molecule has 0 unspecified atom stereocenters. The highest BCUT2D eigenvalue weighted by Gasteiger charge is 2.41. The zero-order valence-corrected chi connectivity index (χ0v) is 14.0. The van der Waals surface area contributed by atoms with E-state index < -0.39 is 18.0 Å². The Labute approximate surface area is 142 Å². The van der Waals surface area contributed by atoms with E-state index in [1.807, 2.05) is 6.92 Å². The lowest BCUT2D eigenvalue weighted by atomic mass is 9.97. The highest BCUT2D eigenvalue weighted by molar-refractivity contribution is 7.13. The topological polar surface area (TPSA) is 84.2 Å². The lowest BCUT2D eigenvalue weighted by molar-refractivity contribution is -0.123. The summed E-state index contributed by atoms with van der Waals surface area (Å²) in [6.45, 7) is 1.99. The molecule has 2 aromatic rings. The summed E-state index contributed by atoms with van der Waals surface area (Å²) < 4.78 is 29.8. The molecule has 8 heteroatoms. The SMILES string of the molecule is CC[C@@H]1[C@H](F)C(=O)N[C@@H]1COc1nsc2cc(C#N)c(OC)cc12. The highest BCUT2D eigenvalue weighted by atomic mass is 32.1. The number of rotatable bonds is 5. The van der Waals surface area contributed by atoms with E-state index in [1.165, 1.54) is 18.6 Å². The summed E-state index contributed by atoms with van der Waals surface area (Å²) in [5.41, 5.74) is 0.426. The van der Waals surface area contributed by atoms with Crippen molar-refractivity contribution in [3.63, 3.8) is 0 Å². The first kappa shape index (κ1) is 16.5. The summed E-state index contributed by atoms with van der Waals surface area (Å²) in [5.74, 6) is -0.148. The number of hydrogen-bond acceptors (Lipinski definition) is 6. The van der Waals surface area contributed by atoms with Gasteiger partial charge in [-0.15, -0.1) is 0 Å². The fraction of sp³-hybridized carbons (Fsp3) is 0.438. The molecule has 0 saturated carbocycles. The molecule has 2 heterocycles. The van der Waals surface area contributed by atoms with Crippen molar-refractivity contribution < 1.29 is 18.7 Å². The van der Waals surface area contributed by atoms with Gasteiger partial charge in [-0.25, -0.2) is 4.39 Å². The van der Waals surface area contributed by atoms with Gasteiger partial charge < -0.3 is 14.8 Å². The number of alkyl halides is 1. The molecule has 3 rings (SSSR count). The average Bonchev–Trinajstić information content (AvgIpc) is 3.11. The van der Waals surface area contributed by atoms with Gasteiger partial charge in [-0.2, -0.15) is 9.64 Å². The van der Waals surface area contributed by atoms with E-state index in [1.54, 1.807) is 12.1 Å². The Morgan fingerprint density at radius 1 is 1.50 bits per heavy atom. The number of hydrogen-bond donors (Lipinski definition) is 1. The van der Waals surface area contributed by atoms with Gasteiger partial charge in [-0.1, -0.05) is 6.92 Å². The van der Waals surface area contributed by atoms with Crippen molar-refractivity contribution in [3.8, 4) is 17.7 Å². The molecular formula is C16H16FN3O3S. The summed E-state index contributed by atoms with van der Waals surface area (Å²) in [6.07, 6.45) is -0.945. The van der Waals surface area contributed by atoms with Crippen molar-refractivity contribution in [2.45, 2.75) is 25.6 Å². The van der Waals surface area contributed by atoms with Gasteiger partial charge in [0.25, 0.3) is 5.91 Å². The van der Waals surface area contributed by atoms with Gasteiger partial charge in [0.1, 0.15) is 18.4 Å². The number of carbonyl (C=O) groups is 1. The van der Waals surface area contributed by atoms with E-state index in [4.69, 9.17) is 14.7 Å². The van der Waals surface area contributed by atoms with Crippen LogP contribution < -0.4 is 14.8 Å². The van der Waals surface area contributed by atoms with Crippen LogP contribution in [0.2, 0.25) is 0 Å². The van der Waals surface area contributed by atoms with Crippen LogP contribution in [0.25, 0.3) is 10.1 Å². The summed E-state index contributed by atoms with van der Waals surface area (Å²) in [6, 6.07) is 5.09. The first-order valence-corrected chi connectivity index (χ1v) is 8.31. The number of nitrogens with zero attached hydrogens (tertiary/aromatic N) is 2. The summed E-state index contributed by atoms with van der Waals surface area (Å²) in [4.78, 5) is 11.5. The number of aromatic nitrogens is 1. The number of fused-ring (bicyclic) bond motifs is 1. The van der Waals surface area contributed by atoms with Crippen LogP contribution in [-0.2, 0) is 4.79 Å². The van der Waals surface area contributed by atoms with Gasteiger partial charge in [-0.05, 0) is 30.1 Å². The van der Waals surface area contributed by atoms with Crippen LogP contribution >= 0.6 is 11.5 Å². The monoisotopic (exact) mass is 349 g/mol. The van der Waals surface area contributed by atoms with Gasteiger partial charge in [-0.3, -0.25) is 4.79 Å². The molecular weight excluding hydrogens is 333 g/mol. The Morgan fingerprint density at radius 3 is 2.96 bits per heavy atom. The predicted molar refractivity (Wildman–Crippen MR) is 87.0 cm³/mol. The molecule has 0 radical (unpaired) electrons. The van der Waals surface area contributed by atoms with E-state index in [0.29, 0.717) is 23.6 Å². The van der Waals surface area contributed by atoms with Crippen molar-refractivity contribution in [1.82, 2.24) is 9.69 Å². The van der Waals surface area contributed by atoms with Gasteiger partial charge >= 0.3 is 0 Å². The van der Waals surface area contributed by atoms with Crippen LogP contribution in [0.5, 0.6) is 11.6 Å². The highest BCUT2D eigenvalue weighted by Crippen LogP contribution is 2.34. The van der Waals surface area contributed by atoms with Crippen LogP contribution in [0.1, 0.15) is 18.9 Å². The molecule has 0 aliphatic carbocycles. The average molecular weight is 349 g/mol. The molecule has 1 amide bonds. The van der Waals surface area contributed by atoms with Gasteiger partial charge in [0, 0.05) is 5.92 Å². The number of methoxy groups -OCH3 is 1. The number of benzene rings is 1. The Morgan fingerprint density at radius 2 is 2.29 bits per heavy atom. The van der Waals surface area contributed by atoms with Crippen molar-refractivity contribution in [2.24, 2.45) is 5.92 Å². The Kier molecular flexibility index (Phi) is 4.53. The molecule has 0 bridgehead atoms. The molecule has 1 fully saturated rings. The minimum Gasteiger partial charge on any atom is -0.495 e. The maximum Gasteiger partial charge on any atom is 0.255 e. The fourth-order valence-corrected chi connectivity index (χ4v) is 3.64. The van der Waals surface area contributed by atoms with E-state index >= 15 is 0 Å². The smallest absolute Gasteiger partial charge is 0.255 e. The van der Waals surface area contributed by atoms with Crippen LogP contribution in [0.3, 0.4) is 0 Å². The minimum absolute atomic E-state index is 0.145. The number of amides is 1. The number of nitrogens with one attached hydrogen (secondary N) is 1. The Balaban J connectivity index is 1.81. The Hall–Kier alpha value is -2.40. The van der Waals surface area contributed by atoms with E-state index in [9.17, 15) is 9.18 Å². The molecule has 6 nitrogen and oxygen atoms in total. The van der Waals surface area contributed by atoms with E-state index in [0.717, 1.165) is 10.1 Å². The summed E-state index contributed by atoms with van der Waals surface area (Å²) in [5, 5.41) is 12.5. The van der Waals surface area contributed by atoms with Crippen molar-refractivity contribution in [3.05, 3.63) is 17.7 Å². The molecule has 1 N–H and O–H groups in total. The van der Waals surface area contributed by atoms with E-state index in [2.05, 4.69) is 15.8 Å². The number of nitriles is 1. The quantitative estimate of drug-likeness (QED) is 0.896. The lowest BCUT2D eigenvalue weighted by Crippen LogP contribution is -2.34. The number of ether oxygens (including phenoxy) is 2. The third-order valence-corrected chi connectivity index (χ3v) is 5.01. The normalized spacial score (nSPS) is 23.1. The number of carbonyl (C=O) groups excluding carboxylic acids is 1. The largest absolute Gasteiger partial charge is 0.495 e. The van der Waals surface area contributed by atoms with Gasteiger partial charge in [0.05, 0.1) is 28.8 Å². The van der Waals surface area contributed by atoms with Crippen LogP contribution in [0, 0.1) is 17.2 Å². The zero-order chi connectivity index (χ0) is 17.3. The van der Waals surface area contributed by atoms with Gasteiger partial charge in [0.15, 0.2) is 6.17 Å². The summed E-state index contributed by atoms with van der Waals surface area (Å²) >= 11 is 1.21. The molecule has 1 aromatic carbocycles. The third kappa shape index (κ3) is 2.76. The first-order valence-electron chi connectivity index (χ1n) is 7.53. The molecule has 126 valence electrons. The van der Waals surface area contributed by atoms with Crippen LogP contribution in [-0.4, -0.2) is 36.2 Å². The lowest BCUT2D eigenvalue weighted by Gasteiger charge is -2.17. The zero-order valence-electron chi connectivity index (χ0n) is 13.2. The van der Waals surface area contributed by atoms with E-state index in [-0.39, 0.29) is 12.6 Å². The minimum atomic E-state index is -1.49. The van der Waals surface area contributed by atoms with Crippen LogP contribution in [0.4, 0.5) is 4.39 Å². The van der Waals surface area contributed by atoms with Crippen molar-refractivity contribution >= 4 is 27.5 Å². The number of halogens is 1. The van der Waals surface area contributed by atoms with Gasteiger partial charge in [0.2, 0.25) is 5.88 Å². The van der Waals surface area contributed by atoms with Crippen molar-refractivity contribution in [2.75, 3.05) is 13.7 Å². The molecule has 1 saturated heterocycles. The maximum absolute atomic E-state index is 13.8. The standard InChI is InChI=1S/C16H16FN3O3S/c1-3-9-11(19-15(21)14(9)17)7-23-16-10-5-12(22-2)8(6-18)4-13(10)24-20-16/h4-5,9,11,14H,3,7H2,1-2H3,(H,19,21)/t9-,11+,14-/m0/s1. The fourth-order valence-electron chi connectivity index (χ4n) is 2.90. The second-order valence-electron chi connectivity index (χ2n) is 5.55. The molecule has 0 spiro atoms. The molecule has 1 aromatic heterocycles. The summed E-state index contributed by atoms with van der Waals surface area (Å²) in [7, 11) is 1.49. The third-order valence-electron chi connectivity index (χ3n) is 4.22. The van der Waals surface area contributed by atoms with Crippen molar-refractivity contribution in [1.29, 1.82) is 5.26 Å². The second-order valence-corrected chi connectivity index (χ2v) is 6.35. The predicted octanol–water partition coefficient (Wildman–Crippen LogP) is 2.42. The maximum atomic E-state index is 13.8. The molecule has 3 atom stereocenters.